The second kappa shape index (κ2) is 4.41. The average Bonchev–Trinajstić information content (AvgIpc) is 2.08. The largest absolute Gasteiger partial charge is 0.453 e. The van der Waals surface area contributed by atoms with Crippen LogP contribution < -0.4 is 4.74 Å². The molecule has 1 rings (SSSR count). The van der Waals surface area contributed by atoms with Crippen molar-refractivity contribution in [3.63, 3.8) is 0 Å². The van der Waals surface area contributed by atoms with Crippen molar-refractivity contribution in [2.75, 3.05) is 0 Å². The topological polar surface area (TPSA) is 9.23 Å². The van der Waals surface area contributed by atoms with Gasteiger partial charge in [-0.2, -0.15) is 4.39 Å². The van der Waals surface area contributed by atoms with Gasteiger partial charge in [-0.25, -0.2) is 8.78 Å². The van der Waals surface area contributed by atoms with Gasteiger partial charge in [0, 0.05) is 4.90 Å². The van der Waals surface area contributed by atoms with Crippen LogP contribution in [0.15, 0.2) is 29.2 Å². The van der Waals surface area contributed by atoms with Crippen LogP contribution in [0.2, 0.25) is 0 Å². The third-order valence-corrected chi connectivity index (χ3v) is 1.67. The molecular formula is C8H7F3OS. The van der Waals surface area contributed by atoms with Gasteiger partial charge in [0.15, 0.2) is 0 Å². The van der Waals surface area contributed by atoms with Gasteiger partial charge in [-0.15, -0.1) is 12.6 Å². The van der Waals surface area contributed by atoms with E-state index in [1.807, 2.05) is 0 Å². The Morgan fingerprint density at radius 2 is 1.77 bits per heavy atom. The lowest BCUT2D eigenvalue weighted by molar-refractivity contribution is -0.0681. The van der Waals surface area contributed by atoms with Crippen LogP contribution in [0.4, 0.5) is 13.2 Å². The second-order valence-electron chi connectivity index (χ2n) is 2.27. The summed E-state index contributed by atoms with van der Waals surface area (Å²) in [4.78, 5) is 0.325. The number of hydrogen-bond donors (Lipinski definition) is 1. The predicted octanol–water partition coefficient (Wildman–Crippen LogP) is 2.91. The van der Waals surface area contributed by atoms with Gasteiger partial charge in [-0.05, 0) is 12.1 Å². The molecule has 1 atom stereocenters. The van der Waals surface area contributed by atoms with Crippen molar-refractivity contribution < 1.29 is 17.9 Å². The van der Waals surface area contributed by atoms with E-state index in [1.165, 1.54) is 12.1 Å². The van der Waals surface area contributed by atoms with Gasteiger partial charge in [0.1, 0.15) is 5.75 Å². The molecular weight excluding hydrogens is 201 g/mol. The Balaban J connectivity index is 2.69. The van der Waals surface area contributed by atoms with Crippen LogP contribution in [-0.4, -0.2) is 12.8 Å². The van der Waals surface area contributed by atoms with Crippen LogP contribution >= 0.6 is 12.6 Å². The van der Waals surface area contributed by atoms with Gasteiger partial charge >= 0.3 is 6.43 Å². The molecule has 0 saturated carbocycles. The van der Waals surface area contributed by atoms with Crippen LogP contribution in [0.25, 0.3) is 0 Å². The number of halogens is 3. The Hall–Kier alpha value is -0.840. The highest BCUT2D eigenvalue weighted by Gasteiger charge is 2.21. The lowest BCUT2D eigenvalue weighted by Gasteiger charge is -2.11. The van der Waals surface area contributed by atoms with E-state index in [1.54, 1.807) is 12.1 Å². The fourth-order valence-electron chi connectivity index (χ4n) is 0.730. The summed E-state index contributed by atoms with van der Waals surface area (Å²) in [7, 11) is 0. The molecule has 1 nitrogen and oxygen atoms in total. The molecule has 0 fully saturated rings. The Morgan fingerprint density at radius 3 is 2.31 bits per heavy atom. The van der Waals surface area contributed by atoms with Crippen LogP contribution in [0, 0.1) is 0 Å². The number of thiol groups is 1. The summed E-state index contributed by atoms with van der Waals surface area (Å²) in [5.41, 5.74) is 0. The van der Waals surface area contributed by atoms with Gasteiger partial charge < -0.3 is 4.74 Å². The molecule has 0 saturated heterocycles. The highest BCUT2D eigenvalue weighted by Crippen LogP contribution is 2.24. The molecule has 0 bridgehead atoms. The number of benzene rings is 1. The Bertz CT molecular complexity index is 280. The zero-order chi connectivity index (χ0) is 9.84. The smallest absolute Gasteiger partial charge is 0.304 e. The summed E-state index contributed by atoms with van der Waals surface area (Å²) < 4.78 is 40.1. The molecule has 1 aromatic carbocycles. The highest BCUT2D eigenvalue weighted by atomic mass is 32.1. The second-order valence-corrected chi connectivity index (χ2v) is 2.75. The predicted molar refractivity (Wildman–Crippen MR) is 45.2 cm³/mol. The maximum atomic E-state index is 12.4. The van der Waals surface area contributed by atoms with Crippen LogP contribution in [0.3, 0.4) is 0 Å². The molecule has 0 aliphatic rings. The fourth-order valence-corrected chi connectivity index (χ4v) is 0.943. The molecule has 0 spiro atoms. The molecule has 13 heavy (non-hydrogen) atoms. The van der Waals surface area contributed by atoms with E-state index in [0.29, 0.717) is 4.90 Å². The summed E-state index contributed by atoms with van der Waals surface area (Å²) in [6, 6.07) is 6.09. The summed E-state index contributed by atoms with van der Waals surface area (Å²) in [6.45, 7) is 0. The maximum absolute atomic E-state index is 12.4. The van der Waals surface area contributed by atoms with Crippen molar-refractivity contribution in [1.29, 1.82) is 0 Å². The van der Waals surface area contributed by atoms with E-state index in [4.69, 9.17) is 0 Å². The van der Waals surface area contributed by atoms with Crippen molar-refractivity contribution in [3.8, 4) is 5.75 Å². The maximum Gasteiger partial charge on any atom is 0.304 e. The molecule has 0 aliphatic heterocycles. The van der Waals surface area contributed by atoms with E-state index in [9.17, 15) is 13.2 Å². The minimum atomic E-state index is -3.15. The van der Waals surface area contributed by atoms with Crippen LogP contribution in [0.5, 0.6) is 5.75 Å². The minimum absolute atomic E-state index is 0.0126. The van der Waals surface area contributed by atoms with E-state index in [2.05, 4.69) is 17.4 Å². The first-order valence-electron chi connectivity index (χ1n) is 3.48. The van der Waals surface area contributed by atoms with Crippen molar-refractivity contribution in [2.24, 2.45) is 0 Å². The van der Waals surface area contributed by atoms with E-state index >= 15 is 0 Å². The van der Waals surface area contributed by atoms with Crippen LogP contribution in [-0.2, 0) is 0 Å². The Kier molecular flexibility index (Phi) is 3.48. The summed E-state index contributed by atoms with van der Waals surface area (Å²) in [5, 5.41) is 0. The summed E-state index contributed by atoms with van der Waals surface area (Å²) in [5.74, 6) is 0.0126. The summed E-state index contributed by atoms with van der Waals surface area (Å²) in [6.07, 6.45) is -5.75. The van der Waals surface area contributed by atoms with Crippen molar-refractivity contribution in [3.05, 3.63) is 24.3 Å². The van der Waals surface area contributed by atoms with Gasteiger partial charge in [0.25, 0.3) is 6.36 Å². The molecule has 0 amide bonds. The van der Waals surface area contributed by atoms with E-state index < -0.39 is 12.8 Å². The quantitative estimate of drug-likeness (QED) is 0.751. The molecule has 0 aromatic heterocycles. The van der Waals surface area contributed by atoms with Crippen molar-refractivity contribution >= 4 is 12.6 Å². The molecule has 0 N–H and O–H groups in total. The first-order chi connectivity index (χ1) is 6.11. The molecule has 0 aliphatic carbocycles. The Labute approximate surface area is 78.9 Å². The van der Waals surface area contributed by atoms with Gasteiger partial charge in [-0.1, -0.05) is 12.1 Å². The van der Waals surface area contributed by atoms with E-state index in [0.717, 1.165) is 0 Å². The first-order valence-corrected chi connectivity index (χ1v) is 3.93. The number of rotatable bonds is 3. The molecule has 1 aromatic rings. The first kappa shape index (κ1) is 10.2. The van der Waals surface area contributed by atoms with Crippen LogP contribution in [0.1, 0.15) is 0 Å². The average molecular weight is 208 g/mol. The van der Waals surface area contributed by atoms with Crippen molar-refractivity contribution in [2.45, 2.75) is 17.7 Å². The Morgan fingerprint density at radius 1 is 1.15 bits per heavy atom. The SMILES string of the molecule is FC(F)C(F)Oc1ccccc1S. The summed E-state index contributed by atoms with van der Waals surface area (Å²) >= 11 is 3.90. The number of para-hydroxylation sites is 1. The van der Waals surface area contributed by atoms with Gasteiger partial charge in [0.2, 0.25) is 0 Å². The van der Waals surface area contributed by atoms with Gasteiger partial charge in [0.05, 0.1) is 0 Å². The zero-order valence-electron chi connectivity index (χ0n) is 6.45. The van der Waals surface area contributed by atoms with E-state index in [-0.39, 0.29) is 5.75 Å². The third-order valence-electron chi connectivity index (χ3n) is 1.30. The highest BCUT2D eigenvalue weighted by molar-refractivity contribution is 7.80. The normalized spacial score (nSPS) is 13.0. The molecule has 0 heterocycles. The molecule has 72 valence electrons. The lowest BCUT2D eigenvalue weighted by Crippen LogP contribution is -2.19. The fraction of sp³-hybridized carbons (Fsp3) is 0.250. The standard InChI is InChI=1S/C8H7F3OS/c9-7(10)8(11)12-5-3-1-2-4-6(5)13/h1-4,7-8,13H. The molecule has 0 radical (unpaired) electrons. The lowest BCUT2D eigenvalue weighted by atomic mass is 10.3. The monoisotopic (exact) mass is 208 g/mol. The molecule has 1 unspecified atom stereocenters. The number of ether oxygens (including phenoxy) is 1. The van der Waals surface area contributed by atoms with Gasteiger partial charge in [-0.3, -0.25) is 0 Å². The third kappa shape index (κ3) is 2.84. The zero-order valence-corrected chi connectivity index (χ0v) is 7.35. The molecule has 5 heteroatoms. The van der Waals surface area contributed by atoms with Crippen molar-refractivity contribution in [1.82, 2.24) is 0 Å². The minimum Gasteiger partial charge on any atom is -0.453 e. The number of hydrogen-bond acceptors (Lipinski definition) is 2. The number of alkyl halides is 3.